The summed E-state index contributed by atoms with van der Waals surface area (Å²) in [5, 5.41) is 0. The maximum atomic E-state index is 12.2. The van der Waals surface area contributed by atoms with Crippen molar-refractivity contribution >= 4 is 0 Å². The summed E-state index contributed by atoms with van der Waals surface area (Å²) in [6.07, 6.45) is -3.11. The van der Waals surface area contributed by atoms with E-state index in [9.17, 15) is 8.78 Å². The van der Waals surface area contributed by atoms with E-state index in [4.69, 9.17) is 0 Å². The van der Waals surface area contributed by atoms with E-state index in [1.165, 1.54) is 0 Å². The Morgan fingerprint density at radius 2 is 1.93 bits per heavy atom. The fraction of sp³-hybridized carbons (Fsp3) is 0.273. The van der Waals surface area contributed by atoms with Gasteiger partial charge in [-0.1, -0.05) is 30.0 Å². The van der Waals surface area contributed by atoms with Crippen molar-refractivity contribution < 1.29 is 13.5 Å². The number of alkyl halides is 2. The van der Waals surface area contributed by atoms with Crippen LogP contribution in [0, 0.1) is 11.8 Å². The molecule has 3 heteroatoms. The van der Waals surface area contributed by atoms with Gasteiger partial charge in [-0.25, -0.2) is 0 Å². The highest BCUT2D eigenvalue weighted by Gasteiger charge is 2.20. The molecule has 1 nitrogen and oxygen atoms in total. The van der Waals surface area contributed by atoms with Crippen molar-refractivity contribution in [2.45, 2.75) is 13.0 Å². The molecule has 0 heterocycles. The Balaban J connectivity index is 2.42. The Morgan fingerprint density at radius 3 is 2.50 bits per heavy atom. The SMILES string of the molecule is CC(F)(F)OCC#Cc1ccccc1. The van der Waals surface area contributed by atoms with Crippen LogP contribution < -0.4 is 0 Å². The first-order valence-electron chi connectivity index (χ1n) is 4.14. The summed E-state index contributed by atoms with van der Waals surface area (Å²) in [5.41, 5.74) is 0.788. The van der Waals surface area contributed by atoms with Crippen LogP contribution in [0.5, 0.6) is 0 Å². The van der Waals surface area contributed by atoms with Crippen molar-refractivity contribution in [3.63, 3.8) is 0 Å². The Morgan fingerprint density at radius 1 is 1.29 bits per heavy atom. The summed E-state index contributed by atoms with van der Waals surface area (Å²) in [6, 6.07) is 9.13. The van der Waals surface area contributed by atoms with Gasteiger partial charge in [0.2, 0.25) is 0 Å². The molecule has 0 bridgehead atoms. The van der Waals surface area contributed by atoms with Gasteiger partial charge < -0.3 is 4.74 Å². The molecular weight excluding hydrogens is 186 g/mol. The third-order valence-electron chi connectivity index (χ3n) is 1.40. The lowest BCUT2D eigenvalue weighted by molar-refractivity contribution is -0.215. The fourth-order valence-corrected chi connectivity index (χ4v) is 0.822. The number of rotatable bonds is 2. The monoisotopic (exact) mass is 196 g/mol. The lowest BCUT2D eigenvalue weighted by Gasteiger charge is -2.06. The molecule has 0 saturated carbocycles. The second kappa shape index (κ2) is 4.73. The molecule has 0 fully saturated rings. The Labute approximate surface area is 81.7 Å². The molecule has 1 aromatic rings. The largest absolute Gasteiger partial charge is 0.353 e. The van der Waals surface area contributed by atoms with Crippen LogP contribution in [0.25, 0.3) is 0 Å². The van der Waals surface area contributed by atoms with E-state index in [-0.39, 0.29) is 6.61 Å². The van der Waals surface area contributed by atoms with E-state index in [2.05, 4.69) is 16.6 Å². The summed E-state index contributed by atoms with van der Waals surface area (Å²) in [4.78, 5) is 0. The second-order valence-corrected chi connectivity index (χ2v) is 2.76. The highest BCUT2D eigenvalue weighted by molar-refractivity contribution is 5.33. The Hall–Kier alpha value is -1.40. The predicted molar refractivity (Wildman–Crippen MR) is 49.9 cm³/mol. The van der Waals surface area contributed by atoms with E-state index in [1.54, 1.807) is 12.1 Å². The number of ether oxygens (including phenoxy) is 1. The topological polar surface area (TPSA) is 9.23 Å². The van der Waals surface area contributed by atoms with Gasteiger partial charge in [-0.3, -0.25) is 0 Å². The molecule has 0 amide bonds. The zero-order valence-corrected chi connectivity index (χ0v) is 7.76. The summed E-state index contributed by atoms with van der Waals surface area (Å²) in [7, 11) is 0. The number of hydrogen-bond acceptors (Lipinski definition) is 1. The molecule has 74 valence electrons. The summed E-state index contributed by atoms with van der Waals surface area (Å²) in [6.45, 7) is 0.426. The Bertz CT molecular complexity index is 330. The molecule has 0 spiro atoms. The molecule has 1 rings (SSSR count). The van der Waals surface area contributed by atoms with E-state index >= 15 is 0 Å². The van der Waals surface area contributed by atoms with Crippen LogP contribution in [0.3, 0.4) is 0 Å². The van der Waals surface area contributed by atoms with Crippen molar-refractivity contribution in [3.8, 4) is 11.8 Å². The van der Waals surface area contributed by atoms with Crippen LogP contribution in [-0.2, 0) is 4.74 Å². The molecule has 1 aromatic carbocycles. The van der Waals surface area contributed by atoms with E-state index in [1.807, 2.05) is 18.2 Å². The van der Waals surface area contributed by atoms with Gasteiger partial charge >= 0.3 is 6.11 Å². The van der Waals surface area contributed by atoms with Gasteiger partial charge in [0.15, 0.2) is 0 Å². The first-order valence-corrected chi connectivity index (χ1v) is 4.14. The van der Waals surface area contributed by atoms with E-state index in [0.29, 0.717) is 6.92 Å². The number of benzene rings is 1. The predicted octanol–water partition coefficient (Wildman–Crippen LogP) is 2.67. The van der Waals surface area contributed by atoms with Crippen LogP contribution >= 0.6 is 0 Å². The van der Waals surface area contributed by atoms with Gasteiger partial charge in [-0.05, 0) is 12.1 Å². The minimum atomic E-state index is -3.11. The van der Waals surface area contributed by atoms with Crippen LogP contribution in [0.2, 0.25) is 0 Å². The zero-order chi connectivity index (χ0) is 10.4. The van der Waals surface area contributed by atoms with Crippen LogP contribution in [-0.4, -0.2) is 12.7 Å². The van der Waals surface area contributed by atoms with Crippen molar-refractivity contribution in [1.82, 2.24) is 0 Å². The molecule has 0 aliphatic rings. The van der Waals surface area contributed by atoms with Gasteiger partial charge in [0.05, 0.1) is 0 Å². The van der Waals surface area contributed by atoms with E-state index in [0.717, 1.165) is 5.56 Å². The van der Waals surface area contributed by atoms with Gasteiger partial charge in [-0.2, -0.15) is 8.78 Å². The molecule has 0 saturated heterocycles. The molecule has 0 aliphatic heterocycles. The zero-order valence-electron chi connectivity index (χ0n) is 7.76. The highest BCUT2D eigenvalue weighted by atomic mass is 19.3. The fourth-order valence-electron chi connectivity index (χ4n) is 0.822. The van der Waals surface area contributed by atoms with Crippen molar-refractivity contribution in [2.75, 3.05) is 6.61 Å². The first-order chi connectivity index (χ1) is 6.58. The van der Waals surface area contributed by atoms with Crippen LogP contribution in [0.15, 0.2) is 30.3 Å². The lowest BCUT2D eigenvalue weighted by atomic mass is 10.2. The van der Waals surface area contributed by atoms with Crippen LogP contribution in [0.1, 0.15) is 12.5 Å². The van der Waals surface area contributed by atoms with Gasteiger partial charge in [0.1, 0.15) is 6.61 Å². The second-order valence-electron chi connectivity index (χ2n) is 2.76. The average molecular weight is 196 g/mol. The minimum Gasteiger partial charge on any atom is -0.308 e. The highest BCUT2D eigenvalue weighted by Crippen LogP contribution is 2.11. The number of halogens is 2. The normalized spacial score (nSPS) is 10.5. The summed E-state index contributed by atoms with van der Waals surface area (Å²) in [5.74, 6) is 5.21. The molecule has 0 radical (unpaired) electrons. The third-order valence-corrected chi connectivity index (χ3v) is 1.40. The van der Waals surface area contributed by atoms with Gasteiger partial charge in [-0.15, -0.1) is 0 Å². The number of hydrogen-bond donors (Lipinski definition) is 0. The average Bonchev–Trinajstić information content (AvgIpc) is 2.13. The van der Waals surface area contributed by atoms with Gasteiger partial charge in [0, 0.05) is 12.5 Å². The third kappa shape index (κ3) is 4.58. The van der Waals surface area contributed by atoms with Gasteiger partial charge in [0.25, 0.3) is 0 Å². The molecule has 0 aliphatic carbocycles. The molecule has 0 aromatic heterocycles. The van der Waals surface area contributed by atoms with Crippen molar-refractivity contribution in [3.05, 3.63) is 35.9 Å². The lowest BCUT2D eigenvalue weighted by Crippen LogP contribution is -2.15. The van der Waals surface area contributed by atoms with Crippen LogP contribution in [0.4, 0.5) is 8.78 Å². The smallest absolute Gasteiger partial charge is 0.308 e. The quantitative estimate of drug-likeness (QED) is 0.661. The first kappa shape index (κ1) is 10.7. The van der Waals surface area contributed by atoms with E-state index < -0.39 is 6.11 Å². The minimum absolute atomic E-state index is 0.265. The summed E-state index contributed by atoms with van der Waals surface area (Å²) < 4.78 is 28.5. The van der Waals surface area contributed by atoms with Crippen molar-refractivity contribution in [2.24, 2.45) is 0 Å². The standard InChI is InChI=1S/C11H10F2O/c1-11(12,13)14-9-5-8-10-6-3-2-4-7-10/h2-4,6-7H,9H2,1H3. The summed E-state index contributed by atoms with van der Waals surface area (Å²) >= 11 is 0. The molecule has 14 heavy (non-hydrogen) atoms. The maximum Gasteiger partial charge on any atom is 0.353 e. The maximum absolute atomic E-state index is 12.2. The van der Waals surface area contributed by atoms with Crippen molar-refractivity contribution in [1.29, 1.82) is 0 Å². The molecule has 0 N–H and O–H groups in total. The molecule has 0 atom stereocenters. The molecular formula is C11H10F2O. The molecule has 0 unspecified atom stereocenters. The Kier molecular flexibility index (Phi) is 3.61.